The number of anilines is 2. The SMILES string of the molecule is CC(C)(C)[C@@H]1Nc2nc(cs2)CC/C=C/c2cccc(c2)-c2nc3ccccc3nc2O[C@@H]2C[C@@H](C(=O)C[C@]3(C(=O)NS(=O)(=O)C4CC4)C[C@H]3C(F)F)N(C2)C1=O.COC(=O)[C@@H]1C[C@@H]2CN1C(=O)[C@H](C(C)(C)C)Nc1nc(cs1)CC/C=C/c1cccc(c1)-c1nc3ccccc3nc1O2.Cl.N[C@]1(C(=O)NS(=O)(=O)C2CC2)C[C@H]1C(F)F. The van der Waals surface area contributed by atoms with Gasteiger partial charge in [-0.1, -0.05) is 127 Å². The number of nitrogens with zero attached hydrogens (tertiary/aromatic N) is 8. The highest BCUT2D eigenvalue weighted by molar-refractivity contribution is 7.91. The number of nitrogens with one attached hydrogen (secondary N) is 4. The Morgan fingerprint density at radius 3 is 1.44 bits per heavy atom. The second-order valence-corrected chi connectivity index (χ2v) is 38.6. The van der Waals surface area contributed by atoms with E-state index in [4.69, 9.17) is 49.8 Å². The molecule has 35 heteroatoms. The highest BCUT2D eigenvalue weighted by Gasteiger charge is 2.67. The molecule has 2 saturated heterocycles. The number of ether oxygens (including phenoxy) is 3. The number of nitrogens with two attached hydrogens (primary N) is 1. The van der Waals surface area contributed by atoms with Crippen LogP contribution in [0.3, 0.4) is 0 Å². The summed E-state index contributed by atoms with van der Waals surface area (Å²) in [6.07, 6.45) is 5.16. The average Bonchev–Trinajstić information content (AvgIpc) is 1.56. The normalized spacial score (nSPS) is 25.1. The van der Waals surface area contributed by atoms with Crippen LogP contribution in [-0.2, 0) is 66.4 Å². The van der Waals surface area contributed by atoms with Crippen LogP contribution in [0.15, 0.2) is 120 Å². The van der Waals surface area contributed by atoms with Crippen LogP contribution in [0.2, 0.25) is 0 Å². The number of esters is 1. The summed E-state index contributed by atoms with van der Waals surface area (Å²) in [6.45, 7) is 11.8. The summed E-state index contributed by atoms with van der Waals surface area (Å²) in [5, 5.41) is 10.5. The number of fused-ring (bicyclic) bond motifs is 18. The maximum atomic E-state index is 14.8. The Hall–Kier alpha value is -9.61. The molecule has 8 aliphatic rings. The van der Waals surface area contributed by atoms with Crippen molar-refractivity contribution >= 4 is 135 Å². The van der Waals surface area contributed by atoms with Crippen LogP contribution >= 0.6 is 35.1 Å². The van der Waals surface area contributed by atoms with E-state index in [-0.39, 0.29) is 63.0 Å². The van der Waals surface area contributed by atoms with Crippen molar-refractivity contribution in [2.24, 2.45) is 33.8 Å². The number of amides is 4. The van der Waals surface area contributed by atoms with Crippen molar-refractivity contribution in [1.29, 1.82) is 0 Å². The Morgan fingerprint density at radius 2 is 1.03 bits per heavy atom. The molecule has 10 atom stereocenters. The molecular formula is C82H92ClF4N13O13S4. The van der Waals surface area contributed by atoms with Crippen LogP contribution in [0.1, 0.15) is 135 Å². The zero-order valence-electron chi connectivity index (χ0n) is 65.3. The first-order valence-corrected chi connectivity index (χ1v) is 43.4. The summed E-state index contributed by atoms with van der Waals surface area (Å²) in [7, 11) is -6.43. The van der Waals surface area contributed by atoms with Crippen LogP contribution in [0.25, 0.3) is 56.7 Å². The number of hydrogen-bond donors (Lipinski definition) is 5. The first-order valence-electron chi connectivity index (χ1n) is 38.6. The number of Topliss-reactive ketones (excluding diaryl/α,β-unsaturated/α-hetero) is 1. The van der Waals surface area contributed by atoms with E-state index in [0.717, 1.165) is 58.4 Å². The predicted octanol–water partition coefficient (Wildman–Crippen LogP) is 12.2. The molecule has 4 aromatic heterocycles. The van der Waals surface area contributed by atoms with Gasteiger partial charge in [-0.05, 0) is 123 Å². The van der Waals surface area contributed by atoms with Crippen molar-refractivity contribution in [3.63, 3.8) is 0 Å². The molecule has 26 nitrogen and oxygen atoms in total. The first-order chi connectivity index (χ1) is 55.1. The molecule has 12 bridgehead atoms. The number of sulfonamides is 2. The lowest BCUT2D eigenvalue weighted by atomic mass is 9.85. The lowest BCUT2D eigenvalue weighted by Crippen LogP contribution is -2.53. The Balaban J connectivity index is 0.000000174. The average molecular weight is 1710 g/mol. The minimum absolute atomic E-state index is 0. The fourth-order valence-electron chi connectivity index (χ4n) is 15.0. The van der Waals surface area contributed by atoms with Crippen LogP contribution in [-0.4, -0.2) is 177 Å². The van der Waals surface area contributed by atoms with Crippen molar-refractivity contribution < 1.29 is 77.4 Å². The molecule has 0 radical (unpaired) electrons. The van der Waals surface area contributed by atoms with Gasteiger partial charge in [0.1, 0.15) is 47.3 Å². The highest BCUT2D eigenvalue weighted by Crippen LogP contribution is 2.59. The molecule has 0 unspecified atom stereocenters. The molecule has 4 aliphatic carbocycles. The zero-order valence-corrected chi connectivity index (χ0v) is 69.3. The Labute approximate surface area is 688 Å². The molecule has 4 aromatic carbocycles. The van der Waals surface area contributed by atoms with Crippen LogP contribution in [0, 0.1) is 28.1 Å². The number of allylic oxidation sites excluding steroid dienone is 2. The largest absolute Gasteiger partial charge is 0.471 e. The van der Waals surface area contributed by atoms with E-state index in [0.29, 0.717) is 76.2 Å². The molecule has 16 rings (SSSR count). The number of carbonyl (C=O) groups excluding carboxylic acids is 6. The highest BCUT2D eigenvalue weighted by atomic mass is 35.5. The summed E-state index contributed by atoms with van der Waals surface area (Å²) < 4.78 is 123. The van der Waals surface area contributed by atoms with Gasteiger partial charge < -0.3 is 40.4 Å². The second-order valence-electron chi connectivity index (χ2n) is 33.0. The van der Waals surface area contributed by atoms with E-state index in [2.05, 4.69) is 41.0 Å². The number of para-hydroxylation sites is 4. The van der Waals surface area contributed by atoms with E-state index < -0.39 is 149 Å². The van der Waals surface area contributed by atoms with Gasteiger partial charge in [0.15, 0.2) is 16.0 Å². The van der Waals surface area contributed by atoms with Gasteiger partial charge in [0.2, 0.25) is 62.4 Å². The van der Waals surface area contributed by atoms with Gasteiger partial charge in [-0.2, -0.15) is 0 Å². The summed E-state index contributed by atoms with van der Waals surface area (Å²) in [5.41, 5.74) is 9.73. The van der Waals surface area contributed by atoms with Gasteiger partial charge in [-0.3, -0.25) is 33.4 Å². The number of alkyl halides is 4. The topological polar surface area (TPSA) is 356 Å². The molecule has 622 valence electrons. The summed E-state index contributed by atoms with van der Waals surface area (Å²) in [5.74, 6) is -6.05. The molecule has 8 heterocycles. The number of ketones is 1. The first kappa shape index (κ1) is 85.3. The van der Waals surface area contributed by atoms with E-state index in [1.807, 2.05) is 148 Å². The number of benzene rings is 4. The number of methoxy groups -OCH3 is 1. The number of aryl methyl sites for hydroxylation is 2. The second kappa shape index (κ2) is 34.0. The van der Waals surface area contributed by atoms with Gasteiger partial charge in [0, 0.05) is 53.0 Å². The molecule has 4 amide bonds. The molecular weight excluding hydrogens is 1610 g/mol. The van der Waals surface area contributed by atoms with Gasteiger partial charge in [0.25, 0.3) is 5.91 Å². The molecule has 4 aliphatic heterocycles. The maximum absolute atomic E-state index is 14.8. The molecule has 6 N–H and O–H groups in total. The molecule has 8 aromatic rings. The van der Waals surface area contributed by atoms with Crippen molar-refractivity contribution in [2.75, 3.05) is 30.8 Å². The molecule has 6 fully saturated rings. The van der Waals surface area contributed by atoms with E-state index in [1.54, 1.807) is 9.62 Å². The number of carbonyl (C=O) groups is 6. The maximum Gasteiger partial charge on any atom is 0.328 e. The van der Waals surface area contributed by atoms with Gasteiger partial charge >= 0.3 is 5.97 Å². The lowest BCUT2D eigenvalue weighted by Gasteiger charge is -2.35. The standard InChI is InChI=1S/C41H44F2N6O6S2.C33H35N5O4S.C8H12F2N2O3S.ClH/c1-40(2,3)34-37(51)49-21-26(18-31(49)32(50)20-41(19-28(41)35(42)43)38(52)48-57(53,54)27-15-16-27)55-36-33(45-29-13-6-7-14-30(29)46-36)24-11-8-10-23(17-24)9-4-5-12-25-22-56-39(44-25)47-34;1-33(2,3)28-30(39)38-18-23(17-26(38)31(40)41-4)42-29-27(35-24-14-7-8-15-25(24)36-29)21-12-9-11-20(16-21)10-5-6-13-22-19-43-32(34-22)37-28;9-6(10)5-3-8(5,11)7(13)12-16(14,15)4-1-2-4;/h4,6-11,13-14,17,22,26-28,31,34-35H,5,12,15-16,18-21H2,1-3H3,(H,44,47)(H,48,52);5,7-12,14-16,19,23,26,28H,6,13,17-18H2,1-4H3,(H,34,37);4-6H,1-3,11H2,(H,12,13);1H/b9-4+;10-5+;;/t26-,28+,31+,34-,41-;23-,26+,28-;5-,8+;/m110./s1. The monoisotopic (exact) mass is 1710 g/mol. The number of halogens is 5. The quantitative estimate of drug-likeness (QED) is 0.0560. The Bertz CT molecular complexity index is 5430. The van der Waals surface area contributed by atoms with E-state index >= 15 is 0 Å². The number of aromatic nitrogens is 6. The lowest BCUT2D eigenvalue weighted by molar-refractivity contribution is -0.151. The third kappa shape index (κ3) is 19.3. The van der Waals surface area contributed by atoms with Crippen molar-refractivity contribution in [1.82, 2.24) is 49.1 Å². The molecule has 0 spiro atoms. The van der Waals surface area contributed by atoms with Crippen molar-refractivity contribution in [3.8, 4) is 34.3 Å². The van der Waals surface area contributed by atoms with Gasteiger partial charge in [-0.15, -0.1) is 35.1 Å². The molecule has 117 heavy (non-hydrogen) atoms. The minimum atomic E-state index is -4.07. The predicted molar refractivity (Wildman–Crippen MR) is 438 cm³/mol. The summed E-state index contributed by atoms with van der Waals surface area (Å²) in [6, 6.07) is 27.4. The van der Waals surface area contributed by atoms with E-state index in [9.17, 15) is 63.2 Å². The number of rotatable bonds is 12. The molecule has 4 saturated carbocycles. The van der Waals surface area contributed by atoms with Crippen LogP contribution in [0.5, 0.6) is 11.8 Å². The summed E-state index contributed by atoms with van der Waals surface area (Å²) >= 11 is 2.85. The van der Waals surface area contributed by atoms with E-state index in [1.165, 1.54) is 34.7 Å². The minimum Gasteiger partial charge on any atom is -0.471 e. The Morgan fingerprint density at radius 1 is 0.598 bits per heavy atom. The smallest absolute Gasteiger partial charge is 0.328 e. The van der Waals surface area contributed by atoms with Crippen LogP contribution in [0.4, 0.5) is 27.8 Å². The van der Waals surface area contributed by atoms with Gasteiger partial charge in [-0.25, -0.2) is 69.1 Å². The fraction of sp³-hybridized carbons (Fsp3) is 0.463. The Kier molecular flexibility index (Phi) is 24.8. The third-order valence-electron chi connectivity index (χ3n) is 22.1. The van der Waals surface area contributed by atoms with Crippen molar-refractivity contribution in [3.05, 3.63) is 142 Å². The van der Waals surface area contributed by atoms with Gasteiger partial charge in [0.05, 0.1) is 75.6 Å². The third-order valence-corrected chi connectivity index (χ3v) is 27.4. The number of thiazole rings is 2. The number of hydrogen-bond acceptors (Lipinski definition) is 24. The summed E-state index contributed by atoms with van der Waals surface area (Å²) in [4.78, 5) is 114. The van der Waals surface area contributed by atoms with Crippen LogP contribution < -0.4 is 35.3 Å². The zero-order chi connectivity index (χ0) is 82.6. The van der Waals surface area contributed by atoms with Crippen molar-refractivity contribution in [2.45, 2.75) is 190 Å². The fourth-order valence-corrected chi connectivity index (χ4v) is 19.3.